The first-order valence-electron chi connectivity index (χ1n) is 14.2. The summed E-state index contributed by atoms with van der Waals surface area (Å²) < 4.78 is 26.5. The van der Waals surface area contributed by atoms with Crippen molar-refractivity contribution in [3.63, 3.8) is 0 Å². The third-order valence-corrected chi connectivity index (χ3v) is 8.94. The molecule has 6 rings (SSSR count). The number of rotatable bonds is 8. The maximum Gasteiger partial charge on any atom is 0.262 e. The van der Waals surface area contributed by atoms with Gasteiger partial charge in [-0.25, -0.2) is 4.39 Å². The zero-order valence-corrected chi connectivity index (χ0v) is 26.1. The van der Waals surface area contributed by atoms with Gasteiger partial charge >= 0.3 is 0 Å². The van der Waals surface area contributed by atoms with E-state index in [1.165, 1.54) is 24.3 Å². The highest BCUT2D eigenvalue weighted by molar-refractivity contribution is 6.40. The summed E-state index contributed by atoms with van der Waals surface area (Å²) >= 11 is 13.7. The number of methoxy groups -OCH3 is 1. The van der Waals surface area contributed by atoms with Crippen LogP contribution in [0.15, 0.2) is 60.3 Å². The third-order valence-electron chi connectivity index (χ3n) is 8.12. The maximum atomic E-state index is 15.5. The molecule has 2 saturated heterocycles. The molecule has 2 fully saturated rings. The molecular weight excluding hydrogens is 624 g/mol. The molecule has 3 aromatic rings. The number of benzene rings is 3. The number of anilines is 1. The lowest BCUT2D eigenvalue weighted by Gasteiger charge is -2.18. The molecule has 3 heterocycles. The highest BCUT2D eigenvalue weighted by Gasteiger charge is 2.50. The fraction of sp³-hybridized carbons (Fsp3) is 0.281. The lowest BCUT2D eigenvalue weighted by Crippen LogP contribution is -2.34. The number of likely N-dealkylation sites (N-methyl/N-ethyl adjacent to an activating group) is 2. The van der Waals surface area contributed by atoms with Gasteiger partial charge in [-0.3, -0.25) is 14.4 Å². The van der Waals surface area contributed by atoms with Gasteiger partial charge in [-0.15, -0.1) is 0 Å². The summed E-state index contributed by atoms with van der Waals surface area (Å²) in [5, 5.41) is 9.23. The van der Waals surface area contributed by atoms with Crippen molar-refractivity contribution in [3.8, 4) is 28.0 Å². The highest BCUT2D eigenvalue weighted by atomic mass is 35.5. The number of nitrogens with one attached hydrogen (secondary N) is 3. The van der Waals surface area contributed by atoms with Crippen LogP contribution < -0.4 is 20.7 Å². The van der Waals surface area contributed by atoms with Crippen molar-refractivity contribution >= 4 is 46.6 Å². The first-order valence-corrected chi connectivity index (χ1v) is 14.9. The fourth-order valence-electron chi connectivity index (χ4n) is 5.58. The summed E-state index contributed by atoms with van der Waals surface area (Å²) in [7, 11) is 4.78. The predicted octanol–water partition coefficient (Wildman–Crippen LogP) is 4.36. The molecule has 10 nitrogen and oxygen atoms in total. The Hall–Kier alpha value is -4.16. The van der Waals surface area contributed by atoms with Crippen molar-refractivity contribution < 1.29 is 28.2 Å². The molecule has 45 heavy (non-hydrogen) atoms. The Labute approximate surface area is 269 Å². The molecule has 0 radical (unpaired) electrons. The average Bonchev–Trinajstić information content (AvgIpc) is 3.74. The minimum atomic E-state index is -0.619. The Morgan fingerprint density at radius 1 is 1.07 bits per heavy atom. The molecule has 13 heteroatoms. The van der Waals surface area contributed by atoms with E-state index in [4.69, 9.17) is 32.7 Å². The van der Waals surface area contributed by atoms with Crippen LogP contribution in [-0.4, -0.2) is 73.8 Å². The summed E-state index contributed by atoms with van der Waals surface area (Å²) in [5.41, 5.74) is 2.69. The van der Waals surface area contributed by atoms with Crippen molar-refractivity contribution in [2.75, 3.05) is 33.1 Å². The molecule has 3 aliphatic rings. The number of amides is 3. The second-order valence-corrected chi connectivity index (χ2v) is 11.8. The van der Waals surface area contributed by atoms with Gasteiger partial charge in [-0.05, 0) is 23.8 Å². The molecular formula is C32H30Cl2FN5O5. The van der Waals surface area contributed by atoms with E-state index in [1.807, 2.05) is 0 Å². The standard InChI is InChI=1S/C32H30Cl2FN5O5/c1-39-15-22(30(43)40(2)32-31(39)45-32)29(42)38-24-9-5-8-20(28(24)34)19-7-4-6-18(27(19)33)16-10-23(35)21(25(11-16)44-3)14-36-17-12-26(41)37-13-17/h4-11,15,17,31-32,36H,12-14H2,1-3H3,(H,37,41)(H,38,42)/t17-,31?,32?/m1/s1. The van der Waals surface area contributed by atoms with Gasteiger partial charge < -0.3 is 35.2 Å². The number of carbonyl (C=O) groups is 3. The van der Waals surface area contributed by atoms with Crippen LogP contribution in [0.3, 0.4) is 0 Å². The summed E-state index contributed by atoms with van der Waals surface area (Å²) in [6.45, 7) is 0.665. The quantitative estimate of drug-likeness (QED) is 0.244. The van der Waals surface area contributed by atoms with Crippen LogP contribution in [0.4, 0.5) is 10.1 Å². The number of epoxide rings is 1. The molecule has 3 N–H and O–H groups in total. The van der Waals surface area contributed by atoms with Crippen molar-refractivity contribution in [3.05, 3.63) is 81.7 Å². The largest absolute Gasteiger partial charge is 0.496 e. The minimum Gasteiger partial charge on any atom is -0.496 e. The van der Waals surface area contributed by atoms with Crippen LogP contribution >= 0.6 is 23.2 Å². The molecule has 0 spiro atoms. The van der Waals surface area contributed by atoms with Gasteiger partial charge in [0, 0.05) is 68.1 Å². The topological polar surface area (TPSA) is 116 Å². The molecule has 0 bridgehead atoms. The number of fused-ring (bicyclic) bond motifs is 1. The lowest BCUT2D eigenvalue weighted by atomic mass is 9.97. The van der Waals surface area contributed by atoms with E-state index in [0.29, 0.717) is 51.6 Å². The van der Waals surface area contributed by atoms with Gasteiger partial charge in [0.1, 0.15) is 17.1 Å². The van der Waals surface area contributed by atoms with Crippen LogP contribution in [0.2, 0.25) is 10.0 Å². The number of carbonyl (C=O) groups excluding carboxylic acids is 3. The van der Waals surface area contributed by atoms with E-state index < -0.39 is 23.9 Å². The van der Waals surface area contributed by atoms with Gasteiger partial charge in [0.05, 0.1) is 22.8 Å². The zero-order valence-electron chi connectivity index (χ0n) is 24.6. The molecule has 3 aromatic carbocycles. The van der Waals surface area contributed by atoms with Gasteiger partial charge in [0.15, 0.2) is 12.5 Å². The van der Waals surface area contributed by atoms with Crippen molar-refractivity contribution in [2.24, 2.45) is 0 Å². The lowest BCUT2D eigenvalue weighted by molar-refractivity contribution is -0.129. The van der Waals surface area contributed by atoms with Crippen LogP contribution in [0, 0.1) is 5.82 Å². The second-order valence-electron chi connectivity index (χ2n) is 11.1. The van der Waals surface area contributed by atoms with E-state index in [1.54, 1.807) is 61.5 Å². The van der Waals surface area contributed by atoms with Crippen LogP contribution in [0.25, 0.3) is 22.3 Å². The summed E-state index contributed by atoms with van der Waals surface area (Å²) in [5.74, 6) is -1.28. The van der Waals surface area contributed by atoms with E-state index in [-0.39, 0.29) is 41.0 Å². The number of nitrogens with zero attached hydrogens (tertiary/aromatic N) is 2. The number of hydrogen-bond donors (Lipinski definition) is 3. The van der Waals surface area contributed by atoms with E-state index in [9.17, 15) is 14.4 Å². The van der Waals surface area contributed by atoms with Gasteiger partial charge in [0.25, 0.3) is 11.8 Å². The third kappa shape index (κ3) is 5.96. The zero-order chi connectivity index (χ0) is 32.0. The number of ether oxygens (including phenoxy) is 2. The van der Waals surface area contributed by atoms with Crippen molar-refractivity contribution in [1.29, 1.82) is 0 Å². The van der Waals surface area contributed by atoms with Crippen LogP contribution in [-0.2, 0) is 25.7 Å². The molecule has 2 unspecified atom stereocenters. The normalized spacial score (nSPS) is 20.8. The molecule has 0 aromatic heterocycles. The Balaban J connectivity index is 1.27. The second kappa shape index (κ2) is 12.3. The Bertz CT molecular complexity index is 1750. The van der Waals surface area contributed by atoms with E-state index in [2.05, 4.69) is 16.0 Å². The van der Waals surface area contributed by atoms with Crippen LogP contribution in [0.5, 0.6) is 5.75 Å². The van der Waals surface area contributed by atoms with Gasteiger partial charge in [-0.1, -0.05) is 53.5 Å². The number of hydrogen-bond acceptors (Lipinski definition) is 7. The van der Waals surface area contributed by atoms with Crippen molar-refractivity contribution in [2.45, 2.75) is 31.5 Å². The summed E-state index contributed by atoms with van der Waals surface area (Å²) in [6.07, 6.45) is 1.09. The Morgan fingerprint density at radius 2 is 1.78 bits per heavy atom. The molecule has 3 amide bonds. The molecule has 0 saturated carbocycles. The predicted molar refractivity (Wildman–Crippen MR) is 168 cm³/mol. The Morgan fingerprint density at radius 3 is 2.49 bits per heavy atom. The molecule has 3 aliphatic heterocycles. The van der Waals surface area contributed by atoms with Gasteiger partial charge in [0.2, 0.25) is 5.91 Å². The molecule has 3 atom stereocenters. The van der Waals surface area contributed by atoms with E-state index >= 15 is 4.39 Å². The van der Waals surface area contributed by atoms with Crippen molar-refractivity contribution in [1.82, 2.24) is 20.4 Å². The monoisotopic (exact) mass is 653 g/mol. The summed E-state index contributed by atoms with van der Waals surface area (Å²) in [4.78, 5) is 40.8. The van der Waals surface area contributed by atoms with Crippen LogP contribution in [0.1, 0.15) is 12.0 Å². The minimum absolute atomic E-state index is 0.0441. The molecule has 0 aliphatic carbocycles. The van der Waals surface area contributed by atoms with E-state index in [0.717, 1.165) is 0 Å². The average molecular weight is 655 g/mol. The highest BCUT2D eigenvalue weighted by Crippen LogP contribution is 2.43. The first-order chi connectivity index (χ1) is 21.6. The summed E-state index contributed by atoms with van der Waals surface area (Å²) in [6, 6.07) is 13.4. The molecule has 234 valence electrons. The fourth-order valence-corrected chi connectivity index (χ4v) is 6.19. The smallest absolute Gasteiger partial charge is 0.262 e. The maximum absolute atomic E-state index is 15.5. The number of halogens is 3. The first kappa shape index (κ1) is 30.8. The van der Waals surface area contributed by atoms with Gasteiger partial charge in [-0.2, -0.15) is 0 Å². The SMILES string of the molecule is COc1cc(-c2cccc(-c3cccc(NC(=O)C4=CN(C)C5OC5N(C)C4=O)c3Cl)c2Cl)cc(F)c1CN[C@H]1CNC(=O)C1. The Kier molecular flexibility index (Phi) is 8.45.